The van der Waals surface area contributed by atoms with Crippen molar-refractivity contribution in [3.63, 3.8) is 0 Å². The number of ether oxygens (including phenoxy) is 2. The molecule has 2 aromatic carbocycles. The van der Waals surface area contributed by atoms with Gasteiger partial charge in [-0.15, -0.1) is 0 Å². The maximum atomic E-state index is 13.5. The summed E-state index contributed by atoms with van der Waals surface area (Å²) in [5, 5.41) is 0. The van der Waals surface area contributed by atoms with Crippen molar-refractivity contribution in [3.8, 4) is 5.75 Å². The molecule has 0 aliphatic heterocycles. The van der Waals surface area contributed by atoms with Gasteiger partial charge in [0.25, 0.3) is 0 Å². The molecule has 2 N–H and O–H groups in total. The first-order chi connectivity index (χ1) is 9.60. The van der Waals surface area contributed by atoms with Crippen LogP contribution >= 0.6 is 0 Å². The molecule has 0 amide bonds. The third-order valence-corrected chi connectivity index (χ3v) is 2.71. The molecule has 0 aliphatic rings. The Morgan fingerprint density at radius 3 is 2.80 bits per heavy atom. The van der Waals surface area contributed by atoms with E-state index in [0.717, 1.165) is 11.6 Å². The normalized spacial score (nSPS) is 10.1. The number of carbonyl (C=O) groups excluding carboxylic acids is 1. The van der Waals surface area contributed by atoms with Crippen LogP contribution in [0.2, 0.25) is 0 Å². The van der Waals surface area contributed by atoms with Crippen LogP contribution in [0.1, 0.15) is 15.9 Å². The third-order valence-electron chi connectivity index (χ3n) is 2.71. The molecule has 5 heteroatoms. The molecule has 0 radical (unpaired) electrons. The van der Waals surface area contributed by atoms with Gasteiger partial charge in [0.1, 0.15) is 18.2 Å². The van der Waals surface area contributed by atoms with Gasteiger partial charge in [0.15, 0.2) is 0 Å². The molecule has 0 aliphatic carbocycles. The molecule has 2 rings (SSSR count). The van der Waals surface area contributed by atoms with Gasteiger partial charge in [-0.3, -0.25) is 0 Å². The number of anilines is 1. The van der Waals surface area contributed by atoms with E-state index < -0.39 is 11.8 Å². The van der Waals surface area contributed by atoms with E-state index in [4.69, 9.17) is 15.2 Å². The lowest BCUT2D eigenvalue weighted by Crippen LogP contribution is -2.08. The molecule has 20 heavy (non-hydrogen) atoms. The van der Waals surface area contributed by atoms with Crippen molar-refractivity contribution in [2.75, 3.05) is 12.8 Å². The Balaban J connectivity index is 2.06. The summed E-state index contributed by atoms with van der Waals surface area (Å²) in [5.41, 5.74) is 6.40. The molecular formula is C15H14FNO3. The summed E-state index contributed by atoms with van der Waals surface area (Å²) >= 11 is 0. The number of rotatable bonds is 4. The molecule has 0 spiro atoms. The molecule has 0 unspecified atom stereocenters. The highest BCUT2D eigenvalue weighted by molar-refractivity contribution is 5.90. The van der Waals surface area contributed by atoms with Crippen molar-refractivity contribution < 1.29 is 18.7 Å². The first kappa shape index (κ1) is 13.9. The Bertz CT molecular complexity index is 628. The lowest BCUT2D eigenvalue weighted by molar-refractivity contribution is 0.0467. The minimum Gasteiger partial charge on any atom is -0.497 e. The topological polar surface area (TPSA) is 61.5 Å². The van der Waals surface area contributed by atoms with Crippen LogP contribution in [0.15, 0.2) is 42.5 Å². The predicted molar refractivity (Wildman–Crippen MR) is 72.9 cm³/mol. The molecular weight excluding hydrogens is 261 g/mol. The maximum absolute atomic E-state index is 13.5. The lowest BCUT2D eigenvalue weighted by Gasteiger charge is -2.07. The molecule has 2 aromatic rings. The number of nitrogens with two attached hydrogens (primary N) is 1. The number of hydrogen-bond donors (Lipinski definition) is 1. The fraction of sp³-hybridized carbons (Fsp3) is 0.133. The van der Waals surface area contributed by atoms with Crippen LogP contribution in [-0.4, -0.2) is 13.1 Å². The van der Waals surface area contributed by atoms with Gasteiger partial charge in [0.05, 0.1) is 12.7 Å². The molecule has 0 saturated carbocycles. The van der Waals surface area contributed by atoms with Gasteiger partial charge in [-0.05, 0) is 35.9 Å². The third kappa shape index (κ3) is 3.26. The van der Waals surface area contributed by atoms with Crippen molar-refractivity contribution in [3.05, 3.63) is 59.4 Å². The van der Waals surface area contributed by atoms with E-state index in [2.05, 4.69) is 0 Å². The minimum atomic E-state index is -0.752. The SMILES string of the molecule is COc1cccc(COC(=O)c2cc(N)ccc2F)c1. The summed E-state index contributed by atoms with van der Waals surface area (Å²) in [5.74, 6) is -0.749. The van der Waals surface area contributed by atoms with E-state index in [0.29, 0.717) is 11.4 Å². The van der Waals surface area contributed by atoms with Gasteiger partial charge in [-0.2, -0.15) is 0 Å². The quantitative estimate of drug-likeness (QED) is 0.688. The predicted octanol–water partition coefficient (Wildman–Crippen LogP) is 2.77. The van der Waals surface area contributed by atoms with Crippen molar-refractivity contribution in [1.82, 2.24) is 0 Å². The average Bonchev–Trinajstić information content (AvgIpc) is 2.47. The highest BCUT2D eigenvalue weighted by atomic mass is 19.1. The molecule has 104 valence electrons. The summed E-state index contributed by atoms with van der Waals surface area (Å²) in [6, 6.07) is 10.9. The van der Waals surface area contributed by atoms with Crippen LogP contribution in [0.5, 0.6) is 5.75 Å². The van der Waals surface area contributed by atoms with E-state index in [1.54, 1.807) is 31.4 Å². The molecule has 0 aromatic heterocycles. The zero-order valence-electron chi connectivity index (χ0n) is 10.9. The second-order valence-electron chi connectivity index (χ2n) is 4.17. The van der Waals surface area contributed by atoms with E-state index >= 15 is 0 Å². The Hall–Kier alpha value is -2.56. The van der Waals surface area contributed by atoms with Gasteiger partial charge in [0.2, 0.25) is 0 Å². The number of carbonyl (C=O) groups is 1. The van der Waals surface area contributed by atoms with E-state index in [1.165, 1.54) is 12.1 Å². The highest BCUT2D eigenvalue weighted by Gasteiger charge is 2.13. The number of hydrogen-bond acceptors (Lipinski definition) is 4. The largest absolute Gasteiger partial charge is 0.497 e. The zero-order valence-corrected chi connectivity index (χ0v) is 10.9. The van der Waals surface area contributed by atoms with E-state index in [-0.39, 0.29) is 12.2 Å². The fourth-order valence-electron chi connectivity index (χ4n) is 1.69. The second-order valence-corrected chi connectivity index (χ2v) is 4.17. The van der Waals surface area contributed by atoms with Crippen molar-refractivity contribution in [1.29, 1.82) is 0 Å². The molecule has 0 fully saturated rings. The summed E-state index contributed by atoms with van der Waals surface area (Å²) in [7, 11) is 1.55. The van der Waals surface area contributed by atoms with Gasteiger partial charge in [0, 0.05) is 5.69 Å². The summed E-state index contributed by atoms with van der Waals surface area (Å²) in [6.07, 6.45) is 0. The van der Waals surface area contributed by atoms with Crippen LogP contribution in [-0.2, 0) is 11.3 Å². The number of methoxy groups -OCH3 is 1. The van der Waals surface area contributed by atoms with Gasteiger partial charge < -0.3 is 15.2 Å². The second kappa shape index (κ2) is 6.06. The zero-order chi connectivity index (χ0) is 14.5. The lowest BCUT2D eigenvalue weighted by atomic mass is 10.2. The fourth-order valence-corrected chi connectivity index (χ4v) is 1.69. The Morgan fingerprint density at radius 2 is 2.05 bits per heavy atom. The van der Waals surface area contributed by atoms with Crippen molar-refractivity contribution >= 4 is 11.7 Å². The Labute approximate surface area is 115 Å². The van der Waals surface area contributed by atoms with Crippen molar-refractivity contribution in [2.45, 2.75) is 6.61 Å². The summed E-state index contributed by atoms with van der Waals surface area (Å²) in [6.45, 7) is 0.0320. The first-order valence-corrected chi connectivity index (χ1v) is 5.95. The minimum absolute atomic E-state index is 0.0320. The van der Waals surface area contributed by atoms with Crippen LogP contribution in [0.3, 0.4) is 0 Å². The van der Waals surface area contributed by atoms with Gasteiger partial charge in [-0.25, -0.2) is 9.18 Å². The molecule has 0 saturated heterocycles. The van der Waals surface area contributed by atoms with Gasteiger partial charge >= 0.3 is 5.97 Å². The Kier molecular flexibility index (Phi) is 4.20. The highest BCUT2D eigenvalue weighted by Crippen LogP contribution is 2.16. The van der Waals surface area contributed by atoms with E-state index in [9.17, 15) is 9.18 Å². The monoisotopic (exact) mass is 275 g/mol. The van der Waals surface area contributed by atoms with Crippen LogP contribution in [0.25, 0.3) is 0 Å². The summed E-state index contributed by atoms with van der Waals surface area (Å²) < 4.78 is 23.6. The first-order valence-electron chi connectivity index (χ1n) is 5.95. The smallest absolute Gasteiger partial charge is 0.341 e. The summed E-state index contributed by atoms with van der Waals surface area (Å²) in [4.78, 5) is 11.8. The van der Waals surface area contributed by atoms with Crippen LogP contribution in [0.4, 0.5) is 10.1 Å². The maximum Gasteiger partial charge on any atom is 0.341 e. The molecule has 0 heterocycles. The molecule has 0 bridgehead atoms. The van der Waals surface area contributed by atoms with Crippen molar-refractivity contribution in [2.24, 2.45) is 0 Å². The standard InChI is InChI=1S/C15H14FNO3/c1-19-12-4-2-3-10(7-12)9-20-15(18)13-8-11(17)5-6-14(13)16/h2-8H,9,17H2,1H3. The number of esters is 1. The molecule has 4 nitrogen and oxygen atoms in total. The van der Waals surface area contributed by atoms with E-state index in [1.807, 2.05) is 0 Å². The van der Waals surface area contributed by atoms with Gasteiger partial charge in [-0.1, -0.05) is 12.1 Å². The number of benzene rings is 2. The number of halogens is 1. The van der Waals surface area contributed by atoms with Crippen LogP contribution < -0.4 is 10.5 Å². The Morgan fingerprint density at radius 1 is 1.25 bits per heavy atom. The van der Waals surface area contributed by atoms with Crippen LogP contribution in [0, 0.1) is 5.82 Å². The average molecular weight is 275 g/mol. The number of nitrogen functional groups attached to an aromatic ring is 1. The molecule has 0 atom stereocenters.